The highest BCUT2D eigenvalue weighted by molar-refractivity contribution is 6.02. The standard InChI is InChI=1S/C19H16N6O2/c26-19(16-14-7-4-9-20-18(14)23-27-16)24-10-8-15-21-17(22-25(15)12-11-24)13-5-2-1-3-6-13/h1-7,9H,8,10-12H2. The third-order valence-corrected chi connectivity index (χ3v) is 4.70. The van der Waals surface area contributed by atoms with Gasteiger partial charge >= 0.3 is 0 Å². The Kier molecular flexibility index (Phi) is 3.67. The first kappa shape index (κ1) is 15.7. The molecule has 0 spiro atoms. The van der Waals surface area contributed by atoms with Gasteiger partial charge in [0.15, 0.2) is 5.82 Å². The minimum absolute atomic E-state index is 0.181. The summed E-state index contributed by atoms with van der Waals surface area (Å²) < 4.78 is 7.15. The van der Waals surface area contributed by atoms with Crippen molar-refractivity contribution >= 4 is 16.9 Å². The SMILES string of the molecule is O=C(c1onc2ncccc12)N1CCc2nc(-c3ccccc3)nn2CC1. The van der Waals surface area contributed by atoms with E-state index >= 15 is 0 Å². The van der Waals surface area contributed by atoms with Crippen LogP contribution in [-0.4, -0.2) is 48.8 Å². The molecular weight excluding hydrogens is 344 g/mol. The summed E-state index contributed by atoms with van der Waals surface area (Å²) in [7, 11) is 0. The van der Waals surface area contributed by atoms with Gasteiger partial charge in [-0.1, -0.05) is 35.5 Å². The lowest BCUT2D eigenvalue weighted by atomic mass is 10.2. The van der Waals surface area contributed by atoms with Gasteiger partial charge in [-0.25, -0.2) is 14.6 Å². The Morgan fingerprint density at radius 3 is 2.81 bits per heavy atom. The predicted molar refractivity (Wildman–Crippen MR) is 96.9 cm³/mol. The summed E-state index contributed by atoms with van der Waals surface area (Å²) in [4.78, 5) is 23.4. The molecule has 0 saturated carbocycles. The number of hydrogen-bond acceptors (Lipinski definition) is 6. The van der Waals surface area contributed by atoms with Gasteiger partial charge < -0.3 is 9.42 Å². The van der Waals surface area contributed by atoms with Crippen LogP contribution in [0, 0.1) is 0 Å². The van der Waals surface area contributed by atoms with Gasteiger partial charge in [-0.3, -0.25) is 4.79 Å². The summed E-state index contributed by atoms with van der Waals surface area (Å²) in [6.45, 7) is 1.67. The molecule has 3 aromatic heterocycles. The predicted octanol–water partition coefficient (Wildman–Crippen LogP) is 2.18. The zero-order valence-electron chi connectivity index (χ0n) is 14.4. The molecule has 0 bridgehead atoms. The molecule has 0 N–H and O–H groups in total. The highest BCUT2D eigenvalue weighted by atomic mass is 16.5. The van der Waals surface area contributed by atoms with E-state index in [1.807, 2.05) is 35.0 Å². The summed E-state index contributed by atoms with van der Waals surface area (Å²) in [6.07, 6.45) is 2.26. The number of rotatable bonds is 2. The Bertz CT molecular complexity index is 1090. The van der Waals surface area contributed by atoms with Crippen molar-refractivity contribution in [2.75, 3.05) is 13.1 Å². The van der Waals surface area contributed by atoms with Crippen molar-refractivity contribution < 1.29 is 9.32 Å². The number of fused-ring (bicyclic) bond motifs is 2. The van der Waals surface area contributed by atoms with Crippen LogP contribution < -0.4 is 0 Å². The van der Waals surface area contributed by atoms with E-state index in [1.165, 1.54) is 0 Å². The molecule has 0 radical (unpaired) electrons. The molecule has 0 fully saturated rings. The van der Waals surface area contributed by atoms with Crippen molar-refractivity contribution in [3.8, 4) is 11.4 Å². The fourth-order valence-corrected chi connectivity index (χ4v) is 3.30. The molecule has 1 aromatic carbocycles. The van der Waals surface area contributed by atoms with Gasteiger partial charge in [0.2, 0.25) is 11.4 Å². The van der Waals surface area contributed by atoms with Gasteiger partial charge in [-0.05, 0) is 12.1 Å². The second-order valence-electron chi connectivity index (χ2n) is 6.37. The van der Waals surface area contributed by atoms with Crippen molar-refractivity contribution in [3.63, 3.8) is 0 Å². The Labute approximate surface area is 154 Å². The van der Waals surface area contributed by atoms with Crippen LogP contribution in [-0.2, 0) is 13.0 Å². The highest BCUT2D eigenvalue weighted by Crippen LogP contribution is 2.20. The second kappa shape index (κ2) is 6.31. The maximum Gasteiger partial charge on any atom is 0.293 e. The summed E-state index contributed by atoms with van der Waals surface area (Å²) in [5.41, 5.74) is 1.43. The average Bonchev–Trinajstić information content (AvgIpc) is 3.28. The Morgan fingerprint density at radius 2 is 1.93 bits per heavy atom. The molecular formula is C19H16N6O2. The van der Waals surface area contributed by atoms with Gasteiger partial charge in [0.05, 0.1) is 11.9 Å². The van der Waals surface area contributed by atoms with Gasteiger partial charge in [0, 0.05) is 31.3 Å². The quantitative estimate of drug-likeness (QED) is 0.544. The average molecular weight is 360 g/mol. The third-order valence-electron chi connectivity index (χ3n) is 4.70. The molecule has 0 aliphatic carbocycles. The number of hydrogen-bond donors (Lipinski definition) is 0. The van der Waals surface area contributed by atoms with E-state index in [1.54, 1.807) is 23.2 Å². The van der Waals surface area contributed by atoms with Gasteiger partial charge in [-0.15, -0.1) is 0 Å². The highest BCUT2D eigenvalue weighted by Gasteiger charge is 2.26. The first-order valence-electron chi connectivity index (χ1n) is 8.78. The van der Waals surface area contributed by atoms with Crippen LogP contribution in [0.5, 0.6) is 0 Å². The van der Waals surface area contributed by atoms with Crippen LogP contribution >= 0.6 is 0 Å². The lowest BCUT2D eigenvalue weighted by molar-refractivity contribution is 0.0719. The van der Waals surface area contributed by atoms with E-state index in [0.717, 1.165) is 17.2 Å². The van der Waals surface area contributed by atoms with E-state index < -0.39 is 0 Å². The second-order valence-corrected chi connectivity index (χ2v) is 6.37. The van der Waals surface area contributed by atoms with Crippen molar-refractivity contribution in [1.82, 2.24) is 29.8 Å². The van der Waals surface area contributed by atoms with Crippen LogP contribution in [0.1, 0.15) is 16.4 Å². The van der Waals surface area contributed by atoms with Crippen LogP contribution in [0.25, 0.3) is 22.4 Å². The van der Waals surface area contributed by atoms with E-state index in [4.69, 9.17) is 4.52 Å². The van der Waals surface area contributed by atoms with Crippen LogP contribution in [0.3, 0.4) is 0 Å². The topological polar surface area (TPSA) is 89.9 Å². The number of aromatic nitrogens is 5. The van der Waals surface area contributed by atoms with Crippen LogP contribution in [0.2, 0.25) is 0 Å². The first-order valence-corrected chi connectivity index (χ1v) is 8.78. The summed E-state index contributed by atoms with van der Waals surface area (Å²) in [5.74, 6) is 1.65. The van der Waals surface area contributed by atoms with Crippen molar-refractivity contribution in [3.05, 3.63) is 60.2 Å². The number of benzene rings is 1. The molecule has 0 saturated heterocycles. The number of pyridine rings is 1. The smallest absolute Gasteiger partial charge is 0.293 e. The van der Waals surface area contributed by atoms with Crippen molar-refractivity contribution in [2.24, 2.45) is 0 Å². The molecule has 134 valence electrons. The number of carbonyl (C=O) groups excluding carboxylic acids is 1. The van der Waals surface area contributed by atoms with E-state index in [9.17, 15) is 4.79 Å². The van der Waals surface area contributed by atoms with Gasteiger partial charge in [0.25, 0.3) is 5.91 Å². The molecule has 1 amide bonds. The molecule has 1 aliphatic rings. The van der Waals surface area contributed by atoms with Crippen molar-refractivity contribution in [2.45, 2.75) is 13.0 Å². The van der Waals surface area contributed by atoms with Crippen molar-refractivity contribution in [1.29, 1.82) is 0 Å². The summed E-state index contributed by atoms with van der Waals surface area (Å²) >= 11 is 0. The largest absolute Gasteiger partial charge is 0.348 e. The van der Waals surface area contributed by atoms with Gasteiger partial charge in [-0.2, -0.15) is 5.10 Å². The lowest BCUT2D eigenvalue weighted by Gasteiger charge is -2.18. The van der Waals surface area contributed by atoms with Gasteiger partial charge in [0.1, 0.15) is 5.82 Å². The van der Waals surface area contributed by atoms with Crippen LogP contribution in [0.15, 0.2) is 53.2 Å². The van der Waals surface area contributed by atoms with E-state index in [-0.39, 0.29) is 11.7 Å². The maximum atomic E-state index is 12.9. The molecule has 8 nitrogen and oxygen atoms in total. The maximum absolute atomic E-state index is 12.9. The normalized spacial score (nSPS) is 14.1. The number of carbonyl (C=O) groups is 1. The van der Waals surface area contributed by atoms with Crippen LogP contribution in [0.4, 0.5) is 0 Å². The first-order chi connectivity index (χ1) is 13.3. The molecule has 8 heteroatoms. The lowest BCUT2D eigenvalue weighted by Crippen LogP contribution is -2.33. The molecule has 5 rings (SSSR count). The number of nitrogens with zero attached hydrogens (tertiary/aromatic N) is 6. The Hall–Kier alpha value is -3.55. The van der Waals surface area contributed by atoms with E-state index in [0.29, 0.717) is 37.1 Å². The Balaban J connectivity index is 1.37. The third kappa shape index (κ3) is 2.75. The minimum Gasteiger partial charge on any atom is -0.348 e. The summed E-state index contributed by atoms with van der Waals surface area (Å²) in [6, 6.07) is 13.5. The zero-order valence-corrected chi connectivity index (χ0v) is 14.4. The molecule has 27 heavy (non-hydrogen) atoms. The Morgan fingerprint density at radius 1 is 1.04 bits per heavy atom. The summed E-state index contributed by atoms with van der Waals surface area (Å²) in [5, 5.41) is 9.11. The fourth-order valence-electron chi connectivity index (χ4n) is 3.30. The zero-order chi connectivity index (χ0) is 18.2. The fraction of sp³-hybridized carbons (Fsp3) is 0.211. The monoisotopic (exact) mass is 360 g/mol. The molecule has 4 heterocycles. The molecule has 1 aliphatic heterocycles. The number of amides is 1. The van der Waals surface area contributed by atoms with E-state index in [2.05, 4.69) is 20.2 Å². The molecule has 4 aromatic rings. The molecule has 0 atom stereocenters. The molecule has 0 unspecified atom stereocenters. The minimum atomic E-state index is -0.181.